The standard InChI is InChI=1S/C23H15FN2O5/c24-16-9-4-8-15(12-16)20-19(21(27)14-6-2-1-3-7-14)22(28)23(29)25(20)17-10-5-11-18(13-17)26(30)31/h1-13,20,27H/t20-/m0/s1. The van der Waals surface area contributed by atoms with Gasteiger partial charge < -0.3 is 5.11 Å². The lowest BCUT2D eigenvalue weighted by molar-refractivity contribution is -0.384. The number of nitro benzene ring substituents is 1. The number of rotatable bonds is 4. The molecular weight excluding hydrogens is 403 g/mol. The molecule has 0 aromatic heterocycles. The molecule has 8 heteroatoms. The number of hydrogen-bond acceptors (Lipinski definition) is 5. The first-order valence-corrected chi connectivity index (χ1v) is 9.25. The lowest BCUT2D eigenvalue weighted by atomic mass is 9.95. The van der Waals surface area contributed by atoms with Gasteiger partial charge in [0, 0.05) is 17.7 Å². The predicted molar refractivity (Wildman–Crippen MR) is 111 cm³/mol. The highest BCUT2D eigenvalue weighted by Gasteiger charge is 2.47. The van der Waals surface area contributed by atoms with Crippen LogP contribution < -0.4 is 4.90 Å². The molecule has 0 radical (unpaired) electrons. The van der Waals surface area contributed by atoms with Gasteiger partial charge in [-0.3, -0.25) is 24.6 Å². The molecule has 0 unspecified atom stereocenters. The fourth-order valence-electron chi connectivity index (χ4n) is 3.60. The van der Waals surface area contributed by atoms with Crippen LogP contribution in [0, 0.1) is 15.9 Å². The molecule has 4 rings (SSSR count). The Morgan fingerprint density at radius 3 is 2.35 bits per heavy atom. The summed E-state index contributed by atoms with van der Waals surface area (Å²) in [5.74, 6) is -2.96. The summed E-state index contributed by atoms with van der Waals surface area (Å²) in [6.45, 7) is 0. The molecule has 7 nitrogen and oxygen atoms in total. The molecule has 1 amide bonds. The monoisotopic (exact) mass is 418 g/mol. The van der Waals surface area contributed by atoms with Crippen LogP contribution in [0.4, 0.5) is 15.8 Å². The Morgan fingerprint density at radius 2 is 1.68 bits per heavy atom. The molecule has 3 aromatic carbocycles. The lowest BCUT2D eigenvalue weighted by Crippen LogP contribution is -2.29. The topological polar surface area (TPSA) is 101 Å². The molecule has 0 bridgehead atoms. The van der Waals surface area contributed by atoms with Crippen molar-refractivity contribution in [1.29, 1.82) is 0 Å². The van der Waals surface area contributed by atoms with Crippen LogP contribution in [0.5, 0.6) is 0 Å². The molecule has 1 atom stereocenters. The van der Waals surface area contributed by atoms with E-state index in [0.29, 0.717) is 5.56 Å². The van der Waals surface area contributed by atoms with Crippen LogP contribution in [0.25, 0.3) is 5.76 Å². The number of nitrogens with zero attached hydrogens (tertiary/aromatic N) is 2. The molecule has 0 saturated carbocycles. The fraction of sp³-hybridized carbons (Fsp3) is 0.0435. The van der Waals surface area contributed by atoms with E-state index in [9.17, 15) is 29.2 Å². The number of nitro groups is 1. The maximum atomic E-state index is 14.0. The number of aliphatic hydroxyl groups excluding tert-OH is 1. The van der Waals surface area contributed by atoms with Crippen molar-refractivity contribution in [3.8, 4) is 0 Å². The molecule has 3 aromatic rings. The van der Waals surface area contributed by atoms with Crippen molar-refractivity contribution in [1.82, 2.24) is 0 Å². The zero-order valence-corrected chi connectivity index (χ0v) is 15.9. The fourth-order valence-corrected chi connectivity index (χ4v) is 3.60. The van der Waals surface area contributed by atoms with Crippen LogP contribution >= 0.6 is 0 Å². The summed E-state index contributed by atoms with van der Waals surface area (Å²) in [5.41, 5.74) is 0.121. The molecule has 31 heavy (non-hydrogen) atoms. The van der Waals surface area contributed by atoms with Crippen molar-refractivity contribution in [2.24, 2.45) is 0 Å². The number of carbonyl (C=O) groups excluding carboxylic acids is 2. The second-order valence-corrected chi connectivity index (χ2v) is 6.87. The molecule has 1 saturated heterocycles. The van der Waals surface area contributed by atoms with Crippen LogP contribution in [-0.2, 0) is 9.59 Å². The minimum atomic E-state index is -1.17. The Balaban J connectivity index is 1.97. The van der Waals surface area contributed by atoms with Crippen LogP contribution in [0.3, 0.4) is 0 Å². The largest absolute Gasteiger partial charge is 0.507 e. The summed E-state index contributed by atoms with van der Waals surface area (Å²) < 4.78 is 14.0. The van der Waals surface area contributed by atoms with E-state index in [-0.39, 0.29) is 22.5 Å². The third-order valence-electron chi connectivity index (χ3n) is 4.97. The third kappa shape index (κ3) is 3.55. The van der Waals surface area contributed by atoms with E-state index in [1.54, 1.807) is 30.3 Å². The van der Waals surface area contributed by atoms with E-state index in [0.717, 1.165) is 17.0 Å². The number of amides is 1. The van der Waals surface area contributed by atoms with Gasteiger partial charge in [0.05, 0.1) is 22.2 Å². The summed E-state index contributed by atoms with van der Waals surface area (Å²) in [6.07, 6.45) is 0. The van der Waals surface area contributed by atoms with E-state index in [4.69, 9.17) is 0 Å². The van der Waals surface area contributed by atoms with Crippen molar-refractivity contribution in [3.63, 3.8) is 0 Å². The summed E-state index contributed by atoms with van der Waals surface area (Å²) in [4.78, 5) is 37.5. The van der Waals surface area contributed by atoms with Crippen molar-refractivity contribution >= 4 is 28.8 Å². The van der Waals surface area contributed by atoms with Gasteiger partial charge in [0.25, 0.3) is 17.4 Å². The quantitative estimate of drug-likeness (QED) is 0.223. The lowest BCUT2D eigenvalue weighted by Gasteiger charge is -2.25. The van der Waals surface area contributed by atoms with Gasteiger partial charge in [-0.15, -0.1) is 0 Å². The minimum absolute atomic E-state index is 0.0812. The Kier molecular flexibility index (Phi) is 5.04. The summed E-state index contributed by atoms with van der Waals surface area (Å²) in [5, 5.41) is 22.1. The number of halogens is 1. The molecule has 1 N–H and O–H groups in total. The maximum Gasteiger partial charge on any atom is 0.300 e. The number of benzene rings is 3. The van der Waals surface area contributed by atoms with Gasteiger partial charge >= 0.3 is 0 Å². The minimum Gasteiger partial charge on any atom is -0.507 e. The SMILES string of the molecule is O=C1C(=O)N(c2cccc([N+](=O)[O-])c2)[C@@H](c2cccc(F)c2)C1=C(O)c1ccccc1. The number of hydrogen-bond donors (Lipinski definition) is 1. The molecule has 154 valence electrons. The highest BCUT2D eigenvalue weighted by atomic mass is 19.1. The zero-order valence-electron chi connectivity index (χ0n) is 15.9. The number of ketones is 1. The van der Waals surface area contributed by atoms with Gasteiger partial charge in [0.15, 0.2) is 0 Å². The number of Topliss-reactive ketones (excluding diaryl/α,β-unsaturated/α-hetero) is 1. The normalized spacial score (nSPS) is 17.7. The molecule has 1 heterocycles. The van der Waals surface area contributed by atoms with Crippen LogP contribution in [0.1, 0.15) is 17.2 Å². The Morgan fingerprint density at radius 1 is 0.968 bits per heavy atom. The smallest absolute Gasteiger partial charge is 0.300 e. The highest BCUT2D eigenvalue weighted by molar-refractivity contribution is 6.51. The maximum absolute atomic E-state index is 14.0. The van der Waals surface area contributed by atoms with Crippen molar-refractivity contribution < 1.29 is 24.0 Å². The van der Waals surface area contributed by atoms with Crippen LogP contribution in [0.15, 0.2) is 84.4 Å². The highest BCUT2D eigenvalue weighted by Crippen LogP contribution is 2.42. The summed E-state index contributed by atoms with van der Waals surface area (Å²) >= 11 is 0. The Hall–Kier alpha value is -4.33. The van der Waals surface area contributed by atoms with Gasteiger partial charge in [0.2, 0.25) is 0 Å². The number of anilines is 1. The predicted octanol–water partition coefficient (Wildman–Crippen LogP) is 4.36. The second kappa shape index (κ2) is 7.83. The van der Waals surface area contributed by atoms with E-state index < -0.39 is 34.2 Å². The van der Waals surface area contributed by atoms with Gasteiger partial charge in [-0.25, -0.2) is 4.39 Å². The average Bonchev–Trinajstić information content (AvgIpc) is 3.04. The van der Waals surface area contributed by atoms with Gasteiger partial charge in [0.1, 0.15) is 11.6 Å². The molecular formula is C23H15FN2O5. The van der Waals surface area contributed by atoms with Crippen molar-refractivity contribution in [2.45, 2.75) is 6.04 Å². The Bertz CT molecular complexity index is 1240. The van der Waals surface area contributed by atoms with E-state index >= 15 is 0 Å². The number of carbonyl (C=O) groups is 2. The molecule has 1 aliphatic heterocycles. The van der Waals surface area contributed by atoms with E-state index in [1.165, 1.54) is 36.4 Å². The Labute approximate surface area is 175 Å². The first-order valence-electron chi connectivity index (χ1n) is 9.25. The second-order valence-electron chi connectivity index (χ2n) is 6.87. The van der Waals surface area contributed by atoms with E-state index in [1.807, 2.05) is 0 Å². The van der Waals surface area contributed by atoms with Crippen molar-refractivity contribution in [3.05, 3.63) is 111 Å². The first kappa shape index (κ1) is 20.0. The van der Waals surface area contributed by atoms with Gasteiger partial charge in [-0.05, 0) is 23.8 Å². The number of non-ortho nitro benzene ring substituents is 1. The zero-order chi connectivity index (χ0) is 22.1. The number of aliphatic hydroxyl groups is 1. The van der Waals surface area contributed by atoms with Crippen LogP contribution in [0.2, 0.25) is 0 Å². The average molecular weight is 418 g/mol. The van der Waals surface area contributed by atoms with Crippen molar-refractivity contribution in [2.75, 3.05) is 4.90 Å². The van der Waals surface area contributed by atoms with E-state index in [2.05, 4.69) is 0 Å². The summed E-state index contributed by atoms with van der Waals surface area (Å²) in [7, 11) is 0. The third-order valence-corrected chi connectivity index (χ3v) is 4.97. The van der Waals surface area contributed by atoms with Gasteiger partial charge in [-0.1, -0.05) is 48.5 Å². The molecule has 0 spiro atoms. The van der Waals surface area contributed by atoms with Crippen LogP contribution in [-0.4, -0.2) is 21.7 Å². The first-order chi connectivity index (χ1) is 14.9. The molecule has 1 fully saturated rings. The molecule has 1 aliphatic rings. The van der Waals surface area contributed by atoms with Gasteiger partial charge in [-0.2, -0.15) is 0 Å². The summed E-state index contributed by atoms with van der Waals surface area (Å²) in [6, 6.07) is 17.5. The molecule has 0 aliphatic carbocycles.